The minimum atomic E-state index is -3.92. The third-order valence-corrected chi connectivity index (χ3v) is 6.84. The quantitative estimate of drug-likeness (QED) is 0.268. The van der Waals surface area contributed by atoms with Crippen molar-refractivity contribution in [2.24, 2.45) is 0 Å². The van der Waals surface area contributed by atoms with E-state index >= 15 is 0 Å². The van der Waals surface area contributed by atoms with Gasteiger partial charge in [0, 0.05) is 29.4 Å². The zero-order valence-electron chi connectivity index (χ0n) is 20.2. The molecule has 184 valence electrons. The summed E-state index contributed by atoms with van der Waals surface area (Å²) >= 11 is 0. The van der Waals surface area contributed by atoms with Gasteiger partial charge in [-0.15, -0.1) is 0 Å². The van der Waals surface area contributed by atoms with Crippen LogP contribution in [0.15, 0.2) is 65.8 Å². The monoisotopic (exact) mass is 496 g/mol. The summed E-state index contributed by atoms with van der Waals surface area (Å²) in [6.45, 7) is 7.27. The third-order valence-electron chi connectivity index (χ3n) is 5.31. The summed E-state index contributed by atoms with van der Waals surface area (Å²) in [7, 11) is -3.92. The number of nitrogens with one attached hydrogen (secondary N) is 4. The van der Waals surface area contributed by atoms with E-state index in [0.29, 0.717) is 29.0 Å². The van der Waals surface area contributed by atoms with Crippen LogP contribution in [-0.2, 0) is 26.2 Å². The Bertz CT molecular complexity index is 1340. The second kappa shape index (κ2) is 11.0. The molecule has 0 unspecified atom stereocenters. The van der Waals surface area contributed by atoms with Gasteiger partial charge < -0.3 is 5.32 Å². The highest BCUT2D eigenvalue weighted by Gasteiger charge is 2.22. The van der Waals surface area contributed by atoms with Gasteiger partial charge in [0.1, 0.15) is 0 Å². The van der Waals surface area contributed by atoms with Crippen LogP contribution < -0.4 is 25.5 Å². The van der Waals surface area contributed by atoms with Crippen molar-refractivity contribution in [1.82, 2.24) is 5.43 Å². The summed E-state index contributed by atoms with van der Waals surface area (Å²) in [5, 5.41) is 2.86. The summed E-state index contributed by atoms with van der Waals surface area (Å²) in [5.41, 5.74) is 8.96. The summed E-state index contributed by atoms with van der Waals surface area (Å²) in [4.78, 5) is 24.1. The molecule has 0 saturated heterocycles. The molecule has 9 nitrogen and oxygen atoms in total. The van der Waals surface area contributed by atoms with Crippen molar-refractivity contribution in [2.45, 2.75) is 45.6 Å². The van der Waals surface area contributed by atoms with Crippen LogP contribution in [0.1, 0.15) is 30.0 Å². The number of nitrogens with zero attached hydrogens (tertiary/aromatic N) is 1. The molecular weight excluding hydrogens is 466 g/mol. The smallest absolute Gasteiger partial charge is 0.290 e. The Morgan fingerprint density at radius 2 is 1.60 bits per heavy atom. The van der Waals surface area contributed by atoms with Gasteiger partial charge >= 0.3 is 0 Å². The number of anilines is 3. The Kier molecular flexibility index (Phi) is 8.08. The van der Waals surface area contributed by atoms with Crippen molar-refractivity contribution >= 4 is 38.9 Å². The first-order valence-electron chi connectivity index (χ1n) is 11.1. The van der Waals surface area contributed by atoms with E-state index in [0.717, 1.165) is 11.1 Å². The van der Waals surface area contributed by atoms with E-state index in [1.54, 1.807) is 54.9 Å². The predicted octanol–water partition coefficient (Wildman–Crippen LogP) is 3.19. The molecule has 0 aliphatic carbocycles. The van der Waals surface area contributed by atoms with Crippen LogP contribution in [0.25, 0.3) is 0 Å². The Morgan fingerprint density at radius 1 is 0.914 bits per heavy atom. The molecule has 0 radical (unpaired) electrons. The molecule has 3 aromatic rings. The Hall–Kier alpha value is -3.92. The molecule has 0 saturated carbocycles. The maximum atomic E-state index is 13.1. The van der Waals surface area contributed by atoms with Crippen molar-refractivity contribution in [2.75, 3.05) is 15.5 Å². The summed E-state index contributed by atoms with van der Waals surface area (Å²) in [5.74, 6) is -0.419. The zero-order valence-corrected chi connectivity index (χ0v) is 21.0. The van der Waals surface area contributed by atoms with E-state index in [-0.39, 0.29) is 23.3 Å². The maximum absolute atomic E-state index is 13.1. The molecule has 10 heteroatoms. The number of carbonyl (C=O) groups excluding carboxylic acids is 2. The molecular formula is C25H30N5O4S+. The highest BCUT2D eigenvalue weighted by molar-refractivity contribution is 7.92. The molecule has 0 spiro atoms. The minimum absolute atomic E-state index is 0.0685. The summed E-state index contributed by atoms with van der Waals surface area (Å²) in [6, 6.07) is 13.5. The average molecular weight is 497 g/mol. The van der Waals surface area contributed by atoms with Crippen molar-refractivity contribution in [1.29, 1.82) is 0 Å². The molecule has 2 amide bonds. The van der Waals surface area contributed by atoms with E-state index in [9.17, 15) is 18.0 Å². The fraction of sp³-hybridized carbons (Fsp3) is 0.240. The topological polar surface area (TPSA) is 120 Å². The highest BCUT2D eigenvalue weighted by atomic mass is 32.2. The van der Waals surface area contributed by atoms with Crippen LogP contribution in [0.5, 0.6) is 0 Å². The zero-order chi connectivity index (χ0) is 25.6. The van der Waals surface area contributed by atoms with Gasteiger partial charge in [0.2, 0.25) is 12.5 Å². The first-order valence-corrected chi connectivity index (χ1v) is 12.6. The van der Waals surface area contributed by atoms with E-state index in [4.69, 9.17) is 0 Å². The number of carbonyl (C=O) groups is 2. The Morgan fingerprint density at radius 3 is 2.26 bits per heavy atom. The van der Waals surface area contributed by atoms with Crippen LogP contribution in [-0.4, -0.2) is 20.2 Å². The van der Waals surface area contributed by atoms with Gasteiger partial charge in [0.25, 0.3) is 15.9 Å². The van der Waals surface area contributed by atoms with E-state index < -0.39 is 10.0 Å². The lowest BCUT2D eigenvalue weighted by atomic mass is 10.1. The molecule has 35 heavy (non-hydrogen) atoms. The van der Waals surface area contributed by atoms with Gasteiger partial charge in [0.05, 0.1) is 10.6 Å². The Labute approximate surface area is 205 Å². The second-order valence-corrected chi connectivity index (χ2v) is 9.84. The minimum Gasteiger partial charge on any atom is -0.320 e. The number of benzene rings is 2. The number of hydrazine groups is 1. The van der Waals surface area contributed by atoms with Crippen molar-refractivity contribution in [3.63, 3.8) is 0 Å². The van der Waals surface area contributed by atoms with Crippen LogP contribution in [0.3, 0.4) is 0 Å². The molecule has 1 aromatic heterocycles. The van der Waals surface area contributed by atoms with Crippen LogP contribution >= 0.6 is 0 Å². The van der Waals surface area contributed by atoms with E-state index in [1.165, 1.54) is 6.07 Å². The number of hydrogen-bond acceptors (Lipinski definition) is 5. The Balaban J connectivity index is 1.76. The van der Waals surface area contributed by atoms with Crippen molar-refractivity contribution < 1.29 is 22.6 Å². The molecule has 0 bridgehead atoms. The molecule has 0 aliphatic heterocycles. The molecule has 0 fully saturated rings. The number of amides is 2. The van der Waals surface area contributed by atoms with Gasteiger partial charge in [-0.05, 0) is 68.3 Å². The van der Waals surface area contributed by atoms with Crippen molar-refractivity contribution in [3.05, 3.63) is 77.6 Å². The maximum Gasteiger partial charge on any atom is 0.290 e. The normalized spacial score (nSPS) is 11.0. The first kappa shape index (κ1) is 25.7. The SMILES string of the molecule is CCC(=O)NNc1ccc(NS(=O)(=O)c2ccc(C)c(NC(=O)C[n+]3cccc(C)c3)c2C)cc1. The largest absolute Gasteiger partial charge is 0.320 e. The fourth-order valence-corrected chi connectivity index (χ4v) is 4.78. The van der Waals surface area contributed by atoms with E-state index in [1.807, 2.05) is 32.2 Å². The molecule has 4 N–H and O–H groups in total. The molecule has 0 atom stereocenters. The lowest BCUT2D eigenvalue weighted by Crippen LogP contribution is -2.40. The van der Waals surface area contributed by atoms with Crippen LogP contribution in [0.4, 0.5) is 17.1 Å². The lowest BCUT2D eigenvalue weighted by Gasteiger charge is -2.16. The molecule has 1 heterocycles. The van der Waals surface area contributed by atoms with Gasteiger partial charge in [-0.3, -0.25) is 25.2 Å². The number of pyridine rings is 1. The van der Waals surface area contributed by atoms with Gasteiger partial charge in [-0.25, -0.2) is 8.42 Å². The molecule has 3 rings (SSSR count). The fourth-order valence-electron chi connectivity index (χ4n) is 3.47. The standard InChI is InChI=1S/C25H29N5O4S/c1-5-23(31)28-27-20-9-11-21(12-10-20)29-35(33,34)22-13-8-18(3)25(19(22)4)26-24(32)16-30-14-6-7-17(2)15-30/h6-15,27,29H,5,16H2,1-4H3,(H-,26,28,31,32)/p+1. The first-order chi connectivity index (χ1) is 16.6. The van der Waals surface area contributed by atoms with E-state index in [2.05, 4.69) is 20.9 Å². The number of hydrogen-bond donors (Lipinski definition) is 4. The van der Waals surface area contributed by atoms with Gasteiger partial charge in [0.15, 0.2) is 12.4 Å². The third kappa shape index (κ3) is 6.80. The number of rotatable bonds is 9. The van der Waals surface area contributed by atoms with Gasteiger partial charge in [-0.2, -0.15) is 4.57 Å². The highest BCUT2D eigenvalue weighted by Crippen LogP contribution is 2.28. The molecule has 0 aliphatic rings. The number of aromatic nitrogens is 1. The molecule has 2 aromatic carbocycles. The summed E-state index contributed by atoms with van der Waals surface area (Å²) in [6.07, 6.45) is 4.01. The average Bonchev–Trinajstić information content (AvgIpc) is 2.80. The second-order valence-electron chi connectivity index (χ2n) is 8.19. The number of sulfonamides is 1. The van der Waals surface area contributed by atoms with Gasteiger partial charge in [-0.1, -0.05) is 13.0 Å². The predicted molar refractivity (Wildman–Crippen MR) is 135 cm³/mol. The number of aryl methyl sites for hydroxylation is 2. The summed E-state index contributed by atoms with van der Waals surface area (Å²) < 4.78 is 30.6. The van der Waals surface area contributed by atoms with Crippen molar-refractivity contribution in [3.8, 4) is 0 Å². The van der Waals surface area contributed by atoms with Crippen LogP contribution in [0, 0.1) is 20.8 Å². The van der Waals surface area contributed by atoms with Crippen LogP contribution in [0.2, 0.25) is 0 Å². The lowest BCUT2D eigenvalue weighted by molar-refractivity contribution is -0.684.